The van der Waals surface area contributed by atoms with Crippen LogP contribution in [0.3, 0.4) is 0 Å². The molecule has 0 fully saturated rings. The molecule has 0 aliphatic carbocycles. The molecular formula is C9H7Cl2N3O2S. The molecule has 0 aliphatic heterocycles. The molecule has 17 heavy (non-hydrogen) atoms. The number of halogens is 2. The first-order chi connectivity index (χ1) is 7.91. The van der Waals surface area contributed by atoms with Crippen LogP contribution >= 0.6 is 23.2 Å². The summed E-state index contributed by atoms with van der Waals surface area (Å²) in [7, 11) is -3.76. The average Bonchev–Trinajstić information content (AvgIpc) is 2.63. The fraction of sp³-hybridized carbons (Fsp3) is 0. The quantitative estimate of drug-likeness (QED) is 0.887. The van der Waals surface area contributed by atoms with Gasteiger partial charge in [0.1, 0.15) is 10.7 Å². The van der Waals surface area contributed by atoms with Gasteiger partial charge in [0.15, 0.2) is 0 Å². The van der Waals surface area contributed by atoms with Crippen LogP contribution in [0.15, 0.2) is 34.2 Å². The van der Waals surface area contributed by atoms with Crippen molar-refractivity contribution in [2.45, 2.75) is 9.79 Å². The number of anilines is 1. The summed E-state index contributed by atoms with van der Waals surface area (Å²) >= 11 is 11.5. The van der Waals surface area contributed by atoms with Gasteiger partial charge in [0, 0.05) is 10.0 Å². The van der Waals surface area contributed by atoms with Crippen molar-refractivity contribution in [2.75, 3.05) is 5.73 Å². The van der Waals surface area contributed by atoms with E-state index in [-0.39, 0.29) is 25.7 Å². The third kappa shape index (κ3) is 2.24. The van der Waals surface area contributed by atoms with Gasteiger partial charge in [-0.25, -0.2) is 8.42 Å². The lowest BCUT2D eigenvalue weighted by molar-refractivity contribution is 0.596. The molecule has 0 aliphatic rings. The minimum absolute atomic E-state index is 0.0249. The first kappa shape index (κ1) is 12.2. The summed E-state index contributed by atoms with van der Waals surface area (Å²) < 4.78 is 24.3. The normalized spacial score (nSPS) is 11.6. The fourth-order valence-corrected chi connectivity index (χ4v) is 3.31. The van der Waals surface area contributed by atoms with Crippen LogP contribution in [0.5, 0.6) is 0 Å². The molecule has 0 unspecified atom stereocenters. The Morgan fingerprint density at radius 3 is 2.24 bits per heavy atom. The highest BCUT2D eigenvalue weighted by Gasteiger charge is 2.22. The Morgan fingerprint density at radius 2 is 1.76 bits per heavy atom. The minimum Gasteiger partial charge on any atom is -0.383 e. The maximum Gasteiger partial charge on any atom is 0.211 e. The Labute approximate surface area is 107 Å². The van der Waals surface area contributed by atoms with E-state index in [9.17, 15) is 8.42 Å². The van der Waals surface area contributed by atoms with Gasteiger partial charge in [-0.05, 0) is 18.2 Å². The maximum atomic E-state index is 12.2. The van der Waals surface area contributed by atoms with Crippen molar-refractivity contribution in [3.63, 3.8) is 0 Å². The van der Waals surface area contributed by atoms with E-state index < -0.39 is 9.84 Å². The molecule has 90 valence electrons. The van der Waals surface area contributed by atoms with Crippen LogP contribution in [0, 0.1) is 0 Å². The summed E-state index contributed by atoms with van der Waals surface area (Å²) in [5, 5.41) is 6.39. The highest BCUT2D eigenvalue weighted by atomic mass is 35.5. The zero-order valence-corrected chi connectivity index (χ0v) is 10.6. The van der Waals surface area contributed by atoms with Gasteiger partial charge in [0.05, 0.1) is 11.1 Å². The standard InChI is InChI=1S/C9H7Cl2N3O2S/c10-5-1-6(11)3-7(2-5)17(15,16)8-4-13-14-9(8)12/h1-4H,(H3,12,13,14). The van der Waals surface area contributed by atoms with Crippen LogP contribution in [0.1, 0.15) is 0 Å². The van der Waals surface area contributed by atoms with E-state index in [1.54, 1.807) is 0 Å². The molecule has 1 aromatic heterocycles. The molecule has 1 heterocycles. The van der Waals surface area contributed by atoms with Crippen LogP contribution in [-0.2, 0) is 9.84 Å². The van der Waals surface area contributed by atoms with Crippen LogP contribution in [0.2, 0.25) is 10.0 Å². The molecule has 1 aromatic carbocycles. The van der Waals surface area contributed by atoms with Crippen molar-refractivity contribution >= 4 is 38.9 Å². The summed E-state index contributed by atoms with van der Waals surface area (Å²) in [5.41, 5.74) is 5.48. The molecule has 0 amide bonds. The molecule has 0 spiro atoms. The van der Waals surface area contributed by atoms with E-state index in [1.807, 2.05) is 0 Å². The topological polar surface area (TPSA) is 88.8 Å². The van der Waals surface area contributed by atoms with Gasteiger partial charge in [-0.3, -0.25) is 5.10 Å². The van der Waals surface area contributed by atoms with E-state index in [0.29, 0.717) is 0 Å². The summed E-state index contributed by atoms with van der Waals surface area (Å²) in [6.07, 6.45) is 1.14. The van der Waals surface area contributed by atoms with Gasteiger partial charge in [0.2, 0.25) is 9.84 Å². The molecule has 0 atom stereocenters. The van der Waals surface area contributed by atoms with Gasteiger partial charge in [0.25, 0.3) is 0 Å². The summed E-state index contributed by atoms with van der Waals surface area (Å²) in [6.45, 7) is 0. The highest BCUT2D eigenvalue weighted by Crippen LogP contribution is 2.28. The van der Waals surface area contributed by atoms with E-state index in [4.69, 9.17) is 28.9 Å². The summed E-state index contributed by atoms with van der Waals surface area (Å²) in [5.74, 6) is -0.0268. The molecule has 2 rings (SSSR count). The molecular weight excluding hydrogens is 285 g/mol. The zero-order valence-electron chi connectivity index (χ0n) is 8.31. The monoisotopic (exact) mass is 291 g/mol. The molecule has 2 aromatic rings. The molecule has 0 saturated carbocycles. The van der Waals surface area contributed by atoms with Gasteiger partial charge in [-0.2, -0.15) is 5.10 Å². The number of nitrogen functional groups attached to an aromatic ring is 1. The van der Waals surface area contributed by atoms with E-state index >= 15 is 0 Å². The number of hydrogen-bond acceptors (Lipinski definition) is 4. The van der Waals surface area contributed by atoms with Gasteiger partial charge < -0.3 is 5.73 Å². The minimum atomic E-state index is -3.76. The van der Waals surface area contributed by atoms with Gasteiger partial charge >= 0.3 is 0 Å². The number of benzene rings is 1. The van der Waals surface area contributed by atoms with Gasteiger partial charge in [-0.1, -0.05) is 23.2 Å². The number of nitrogens with one attached hydrogen (secondary N) is 1. The SMILES string of the molecule is Nc1[nH]ncc1S(=O)(=O)c1cc(Cl)cc(Cl)c1. The molecule has 0 radical (unpaired) electrons. The largest absolute Gasteiger partial charge is 0.383 e. The lowest BCUT2D eigenvalue weighted by atomic mass is 10.4. The lowest BCUT2D eigenvalue weighted by Gasteiger charge is -2.04. The fourth-order valence-electron chi connectivity index (χ4n) is 1.31. The van der Waals surface area contributed by atoms with Crippen LogP contribution < -0.4 is 5.73 Å². The molecule has 3 N–H and O–H groups in total. The lowest BCUT2D eigenvalue weighted by Crippen LogP contribution is -2.04. The second-order valence-electron chi connectivity index (χ2n) is 3.26. The average molecular weight is 292 g/mol. The van der Waals surface area contributed by atoms with Crippen molar-refractivity contribution in [1.82, 2.24) is 10.2 Å². The number of rotatable bonds is 2. The summed E-state index contributed by atoms with van der Waals surface area (Å²) in [6, 6.07) is 4.05. The summed E-state index contributed by atoms with van der Waals surface area (Å²) in [4.78, 5) is -0.126. The Morgan fingerprint density at radius 1 is 1.18 bits per heavy atom. The predicted molar refractivity (Wildman–Crippen MR) is 64.9 cm³/mol. The van der Waals surface area contributed by atoms with Crippen LogP contribution in [0.4, 0.5) is 5.82 Å². The zero-order chi connectivity index (χ0) is 12.6. The molecule has 8 heteroatoms. The highest BCUT2D eigenvalue weighted by molar-refractivity contribution is 7.91. The number of sulfone groups is 1. The van der Waals surface area contributed by atoms with Crippen molar-refractivity contribution < 1.29 is 8.42 Å². The molecule has 0 saturated heterocycles. The number of H-pyrrole nitrogens is 1. The molecule has 0 bridgehead atoms. The maximum absolute atomic E-state index is 12.2. The number of nitrogens with zero attached hydrogens (tertiary/aromatic N) is 1. The number of aromatic nitrogens is 2. The third-order valence-electron chi connectivity index (χ3n) is 2.07. The van der Waals surface area contributed by atoms with Crippen LogP contribution in [-0.4, -0.2) is 18.6 Å². The second kappa shape index (κ2) is 4.21. The first-order valence-electron chi connectivity index (χ1n) is 4.41. The first-order valence-corrected chi connectivity index (χ1v) is 6.65. The van der Waals surface area contributed by atoms with E-state index in [0.717, 1.165) is 6.20 Å². The Bertz CT molecular complexity index is 646. The van der Waals surface area contributed by atoms with Crippen molar-refractivity contribution in [1.29, 1.82) is 0 Å². The Hall–Kier alpha value is -1.24. The van der Waals surface area contributed by atoms with Crippen molar-refractivity contribution in [3.05, 3.63) is 34.4 Å². The second-order valence-corrected chi connectivity index (χ2v) is 6.05. The van der Waals surface area contributed by atoms with Crippen LogP contribution in [0.25, 0.3) is 0 Å². The number of aromatic amines is 1. The smallest absolute Gasteiger partial charge is 0.211 e. The van der Waals surface area contributed by atoms with Gasteiger partial charge in [-0.15, -0.1) is 0 Å². The molecule has 5 nitrogen and oxygen atoms in total. The van der Waals surface area contributed by atoms with E-state index in [1.165, 1.54) is 18.2 Å². The Balaban J connectivity index is 2.64. The number of nitrogens with two attached hydrogens (primary N) is 1. The van der Waals surface area contributed by atoms with Crippen molar-refractivity contribution in [2.24, 2.45) is 0 Å². The Kier molecular flexibility index (Phi) is 3.03. The predicted octanol–water partition coefficient (Wildman–Crippen LogP) is 2.13. The van der Waals surface area contributed by atoms with Crippen molar-refractivity contribution in [3.8, 4) is 0 Å². The third-order valence-corrected chi connectivity index (χ3v) is 4.27. The van der Waals surface area contributed by atoms with E-state index in [2.05, 4.69) is 10.2 Å². The number of hydrogen-bond donors (Lipinski definition) is 2.